The topological polar surface area (TPSA) is 97.8 Å². The zero-order valence-electron chi connectivity index (χ0n) is 12.8. The van der Waals surface area contributed by atoms with Crippen LogP contribution in [-0.4, -0.2) is 25.3 Å². The summed E-state index contributed by atoms with van der Waals surface area (Å²) in [6.45, 7) is 2.03. The normalized spacial score (nSPS) is 11.0. The van der Waals surface area contributed by atoms with E-state index in [2.05, 4.69) is 20.2 Å². The first kappa shape index (κ1) is 14.5. The highest BCUT2D eigenvalue weighted by Crippen LogP contribution is 2.38. The second-order valence-corrected chi connectivity index (χ2v) is 6.35. The number of nitrogens with two attached hydrogens (primary N) is 1. The first-order valence-electron chi connectivity index (χ1n) is 7.26. The van der Waals surface area contributed by atoms with Crippen molar-refractivity contribution in [2.24, 2.45) is 0 Å². The Labute approximate surface area is 141 Å². The Morgan fingerprint density at radius 2 is 1.83 bits per heavy atom. The van der Waals surface area contributed by atoms with Gasteiger partial charge in [0.2, 0.25) is 5.95 Å². The number of anilines is 1. The summed E-state index contributed by atoms with van der Waals surface area (Å²) in [7, 11) is 0. The van der Waals surface area contributed by atoms with E-state index in [4.69, 9.17) is 5.73 Å². The molecule has 0 radical (unpaired) electrons. The molecule has 0 aliphatic heterocycles. The van der Waals surface area contributed by atoms with Crippen molar-refractivity contribution in [1.29, 1.82) is 0 Å². The third-order valence-electron chi connectivity index (χ3n) is 3.82. The van der Waals surface area contributed by atoms with Gasteiger partial charge in [-0.2, -0.15) is 0 Å². The minimum Gasteiger partial charge on any atom is -0.507 e. The van der Waals surface area contributed by atoms with Gasteiger partial charge in [-0.05, 0) is 30.7 Å². The molecule has 0 bridgehead atoms. The number of nitrogen functional groups attached to an aromatic ring is 1. The lowest BCUT2D eigenvalue weighted by Crippen LogP contribution is -1.93. The summed E-state index contributed by atoms with van der Waals surface area (Å²) in [6.07, 6.45) is 3.41. The Bertz CT molecular complexity index is 1040. The molecule has 0 unspecified atom stereocenters. The molecule has 118 valence electrons. The number of benzene rings is 1. The highest BCUT2D eigenvalue weighted by atomic mass is 32.1. The van der Waals surface area contributed by atoms with Crippen LogP contribution in [0.4, 0.5) is 5.95 Å². The number of thiophene rings is 1. The highest BCUT2D eigenvalue weighted by Gasteiger charge is 2.15. The molecule has 7 heteroatoms. The largest absolute Gasteiger partial charge is 0.507 e. The Kier molecular flexibility index (Phi) is 3.35. The van der Waals surface area contributed by atoms with Crippen LogP contribution >= 0.6 is 11.3 Å². The maximum absolute atomic E-state index is 10.0. The van der Waals surface area contributed by atoms with E-state index >= 15 is 0 Å². The Balaban J connectivity index is 1.88. The number of para-hydroxylation sites is 1. The van der Waals surface area contributed by atoms with Gasteiger partial charge >= 0.3 is 0 Å². The average molecular weight is 335 g/mol. The number of phenolic OH excluding ortho intramolecular Hbond substituents is 1. The Morgan fingerprint density at radius 1 is 1.08 bits per heavy atom. The summed E-state index contributed by atoms with van der Waals surface area (Å²) in [4.78, 5) is 9.96. The number of nitrogens with zero attached hydrogens (tertiary/aromatic N) is 4. The van der Waals surface area contributed by atoms with Gasteiger partial charge in [-0.15, -0.1) is 21.5 Å². The summed E-state index contributed by atoms with van der Waals surface area (Å²) in [5.41, 5.74) is 8.83. The van der Waals surface area contributed by atoms with Crippen LogP contribution in [0.1, 0.15) is 5.56 Å². The molecule has 3 heterocycles. The quantitative estimate of drug-likeness (QED) is 0.582. The third-order valence-corrected chi connectivity index (χ3v) is 5.06. The van der Waals surface area contributed by atoms with Crippen molar-refractivity contribution < 1.29 is 5.11 Å². The fraction of sp³-hybridized carbons (Fsp3) is 0.0588. The van der Waals surface area contributed by atoms with Crippen LogP contribution in [0, 0.1) is 6.92 Å². The molecule has 0 atom stereocenters. The zero-order chi connectivity index (χ0) is 16.7. The van der Waals surface area contributed by atoms with Gasteiger partial charge in [-0.25, -0.2) is 9.97 Å². The van der Waals surface area contributed by atoms with E-state index in [0.29, 0.717) is 11.3 Å². The SMILES string of the molecule is Cc1c(-c2cnc(N)nc2)sc2nnc(-c3ccccc3O)cc12. The molecule has 0 spiro atoms. The Hall–Kier alpha value is -3.06. The van der Waals surface area contributed by atoms with Gasteiger partial charge in [0, 0.05) is 33.8 Å². The predicted molar refractivity (Wildman–Crippen MR) is 94.7 cm³/mol. The zero-order valence-corrected chi connectivity index (χ0v) is 13.6. The second kappa shape index (κ2) is 5.54. The van der Waals surface area contributed by atoms with Gasteiger partial charge in [-0.1, -0.05) is 12.1 Å². The van der Waals surface area contributed by atoms with Crippen molar-refractivity contribution in [3.63, 3.8) is 0 Å². The molecular weight excluding hydrogens is 322 g/mol. The number of phenols is 1. The number of hydrogen-bond acceptors (Lipinski definition) is 7. The summed E-state index contributed by atoms with van der Waals surface area (Å²) in [5.74, 6) is 0.435. The van der Waals surface area contributed by atoms with E-state index in [0.717, 1.165) is 26.2 Å². The molecule has 3 N–H and O–H groups in total. The summed E-state index contributed by atoms with van der Waals surface area (Å²) < 4.78 is 0. The van der Waals surface area contributed by atoms with Crippen LogP contribution < -0.4 is 5.73 Å². The van der Waals surface area contributed by atoms with Crippen molar-refractivity contribution in [1.82, 2.24) is 20.2 Å². The summed E-state index contributed by atoms with van der Waals surface area (Å²) >= 11 is 1.53. The molecule has 4 rings (SSSR count). The summed E-state index contributed by atoms with van der Waals surface area (Å²) in [5, 5.41) is 19.6. The first-order valence-corrected chi connectivity index (χ1v) is 8.08. The number of rotatable bonds is 2. The molecule has 0 aliphatic rings. The van der Waals surface area contributed by atoms with E-state index in [1.54, 1.807) is 24.5 Å². The molecule has 0 saturated heterocycles. The minimum atomic E-state index is 0.186. The number of fused-ring (bicyclic) bond motifs is 1. The number of hydrogen-bond donors (Lipinski definition) is 2. The fourth-order valence-electron chi connectivity index (χ4n) is 2.57. The van der Waals surface area contributed by atoms with Crippen LogP contribution in [0.25, 0.3) is 31.9 Å². The van der Waals surface area contributed by atoms with Crippen LogP contribution in [0.15, 0.2) is 42.7 Å². The van der Waals surface area contributed by atoms with Crippen molar-refractivity contribution in [2.75, 3.05) is 5.73 Å². The lowest BCUT2D eigenvalue weighted by Gasteiger charge is -2.03. The van der Waals surface area contributed by atoms with Gasteiger partial charge in [-0.3, -0.25) is 0 Å². The Morgan fingerprint density at radius 3 is 2.58 bits per heavy atom. The van der Waals surface area contributed by atoms with Gasteiger partial charge in [0.15, 0.2) is 0 Å². The second-order valence-electron chi connectivity index (χ2n) is 5.35. The predicted octanol–water partition coefficient (Wildman–Crippen LogP) is 3.41. The molecular formula is C17H13N5OS. The fourth-order valence-corrected chi connectivity index (χ4v) is 3.66. The minimum absolute atomic E-state index is 0.186. The van der Waals surface area contributed by atoms with E-state index < -0.39 is 0 Å². The number of aryl methyl sites for hydroxylation is 1. The molecule has 0 amide bonds. The molecule has 6 nitrogen and oxygen atoms in total. The van der Waals surface area contributed by atoms with E-state index in [1.807, 2.05) is 25.1 Å². The van der Waals surface area contributed by atoms with E-state index in [9.17, 15) is 5.11 Å². The lowest BCUT2D eigenvalue weighted by atomic mass is 10.1. The van der Waals surface area contributed by atoms with Gasteiger partial charge in [0.1, 0.15) is 10.6 Å². The summed E-state index contributed by atoms with van der Waals surface area (Å²) in [6, 6.07) is 9.05. The molecule has 1 aromatic carbocycles. The highest BCUT2D eigenvalue weighted by molar-refractivity contribution is 7.22. The van der Waals surface area contributed by atoms with E-state index in [1.165, 1.54) is 11.3 Å². The van der Waals surface area contributed by atoms with Crippen molar-refractivity contribution >= 4 is 27.5 Å². The van der Waals surface area contributed by atoms with Crippen LogP contribution in [0.3, 0.4) is 0 Å². The molecule has 0 fully saturated rings. The van der Waals surface area contributed by atoms with Crippen LogP contribution in [0.5, 0.6) is 5.75 Å². The average Bonchev–Trinajstić information content (AvgIpc) is 2.92. The molecule has 3 aromatic heterocycles. The lowest BCUT2D eigenvalue weighted by molar-refractivity contribution is 0.477. The van der Waals surface area contributed by atoms with E-state index in [-0.39, 0.29) is 11.7 Å². The van der Waals surface area contributed by atoms with Gasteiger partial charge < -0.3 is 10.8 Å². The maximum atomic E-state index is 10.0. The van der Waals surface area contributed by atoms with Crippen LogP contribution in [0.2, 0.25) is 0 Å². The van der Waals surface area contributed by atoms with Crippen LogP contribution in [-0.2, 0) is 0 Å². The maximum Gasteiger partial charge on any atom is 0.219 e. The van der Waals surface area contributed by atoms with Crippen molar-refractivity contribution in [2.45, 2.75) is 6.92 Å². The van der Waals surface area contributed by atoms with Crippen molar-refractivity contribution in [3.8, 4) is 27.4 Å². The molecule has 0 saturated carbocycles. The molecule has 24 heavy (non-hydrogen) atoms. The molecule has 4 aromatic rings. The van der Waals surface area contributed by atoms with Crippen molar-refractivity contribution in [3.05, 3.63) is 48.3 Å². The standard InChI is InChI=1S/C17H13N5OS/c1-9-12-6-13(11-4-2-3-5-14(11)23)21-22-16(12)24-15(9)10-7-19-17(18)20-8-10/h2-8,23H,1H3,(H2,18,19,20). The smallest absolute Gasteiger partial charge is 0.219 e. The monoisotopic (exact) mass is 335 g/mol. The van der Waals surface area contributed by atoms with Gasteiger partial charge in [0.05, 0.1) is 5.69 Å². The molecule has 0 aliphatic carbocycles. The van der Waals surface area contributed by atoms with Gasteiger partial charge in [0.25, 0.3) is 0 Å². The first-order chi connectivity index (χ1) is 11.6. The number of aromatic hydroxyl groups is 1. The third kappa shape index (κ3) is 2.35. The number of aromatic nitrogens is 4.